The van der Waals surface area contributed by atoms with Crippen molar-refractivity contribution < 1.29 is 5.11 Å². The van der Waals surface area contributed by atoms with Gasteiger partial charge in [0.25, 0.3) is 0 Å². The number of nitrogens with zero attached hydrogens (tertiary/aromatic N) is 1. The molecule has 14 heavy (non-hydrogen) atoms. The van der Waals surface area contributed by atoms with Crippen LogP contribution in [0, 0.1) is 0 Å². The molecule has 2 unspecified atom stereocenters. The second kappa shape index (κ2) is 6.38. The van der Waals surface area contributed by atoms with Gasteiger partial charge in [-0.1, -0.05) is 6.42 Å². The lowest BCUT2D eigenvalue weighted by atomic mass is 10.0. The molecule has 0 saturated carbocycles. The summed E-state index contributed by atoms with van der Waals surface area (Å²) in [6.07, 6.45) is 4.73. The minimum Gasteiger partial charge on any atom is -0.393 e. The van der Waals surface area contributed by atoms with E-state index in [9.17, 15) is 5.11 Å². The highest BCUT2D eigenvalue weighted by molar-refractivity contribution is 4.78. The van der Waals surface area contributed by atoms with E-state index in [1.54, 1.807) is 0 Å². The summed E-state index contributed by atoms with van der Waals surface area (Å²) in [7, 11) is 2.02. The lowest BCUT2D eigenvalue weighted by Crippen LogP contribution is -2.45. The Hall–Kier alpha value is -0.120. The molecule has 0 bridgehead atoms. The van der Waals surface area contributed by atoms with Crippen molar-refractivity contribution in [3.05, 3.63) is 0 Å². The zero-order chi connectivity index (χ0) is 10.4. The predicted molar refractivity (Wildman–Crippen MR) is 59.4 cm³/mol. The molecule has 0 aromatic heterocycles. The monoisotopic (exact) mass is 200 g/mol. The first-order chi connectivity index (χ1) is 6.74. The van der Waals surface area contributed by atoms with Crippen LogP contribution in [0.4, 0.5) is 0 Å². The number of piperidine rings is 1. The van der Waals surface area contributed by atoms with E-state index in [1.807, 2.05) is 14.0 Å². The highest BCUT2D eigenvalue weighted by atomic mass is 16.3. The molecule has 2 atom stereocenters. The predicted octanol–water partition coefficient (Wildman–Crippen LogP) is 0.831. The van der Waals surface area contributed by atoms with E-state index in [2.05, 4.69) is 10.2 Å². The summed E-state index contributed by atoms with van der Waals surface area (Å²) in [6, 6.07) is 0.687. The zero-order valence-electron chi connectivity index (χ0n) is 9.50. The molecular formula is C11H24N2O. The van der Waals surface area contributed by atoms with Crippen LogP contribution in [-0.2, 0) is 0 Å². The summed E-state index contributed by atoms with van der Waals surface area (Å²) in [5.41, 5.74) is 0. The number of rotatable bonds is 5. The van der Waals surface area contributed by atoms with Gasteiger partial charge in [-0.25, -0.2) is 0 Å². The second-order valence-electron chi connectivity index (χ2n) is 4.38. The Morgan fingerprint density at radius 3 is 2.93 bits per heavy atom. The highest BCUT2D eigenvalue weighted by Gasteiger charge is 2.21. The van der Waals surface area contributed by atoms with Crippen LogP contribution in [0.1, 0.15) is 32.6 Å². The quantitative estimate of drug-likeness (QED) is 0.690. The molecule has 0 aromatic carbocycles. The average Bonchev–Trinajstić information content (AvgIpc) is 2.17. The summed E-state index contributed by atoms with van der Waals surface area (Å²) in [5.74, 6) is 0. The molecule has 1 fully saturated rings. The molecule has 0 amide bonds. The van der Waals surface area contributed by atoms with Crippen molar-refractivity contribution in [1.82, 2.24) is 10.2 Å². The van der Waals surface area contributed by atoms with Gasteiger partial charge in [0.1, 0.15) is 0 Å². The maximum Gasteiger partial charge on any atom is 0.0524 e. The fourth-order valence-corrected chi connectivity index (χ4v) is 2.17. The number of nitrogens with one attached hydrogen (secondary N) is 1. The Morgan fingerprint density at radius 2 is 2.29 bits per heavy atom. The van der Waals surface area contributed by atoms with E-state index in [0.717, 1.165) is 19.5 Å². The van der Waals surface area contributed by atoms with Crippen molar-refractivity contribution in [1.29, 1.82) is 0 Å². The number of aliphatic hydroxyl groups excluding tert-OH is 1. The number of hydrogen-bond acceptors (Lipinski definition) is 3. The smallest absolute Gasteiger partial charge is 0.0524 e. The standard InChI is InChI=1S/C11H24N2O/c1-10(14)6-8-13-7-4-3-5-11(13)9-12-2/h10-12,14H,3-9H2,1-2H3. The summed E-state index contributed by atoms with van der Waals surface area (Å²) >= 11 is 0. The van der Waals surface area contributed by atoms with Crippen molar-refractivity contribution in [2.24, 2.45) is 0 Å². The van der Waals surface area contributed by atoms with Crippen LogP contribution >= 0.6 is 0 Å². The van der Waals surface area contributed by atoms with Crippen LogP contribution in [0.2, 0.25) is 0 Å². The molecule has 3 nitrogen and oxygen atoms in total. The van der Waals surface area contributed by atoms with Gasteiger partial charge in [0, 0.05) is 19.1 Å². The van der Waals surface area contributed by atoms with Gasteiger partial charge in [-0.15, -0.1) is 0 Å². The summed E-state index contributed by atoms with van der Waals surface area (Å²) < 4.78 is 0. The maximum absolute atomic E-state index is 9.26. The summed E-state index contributed by atoms with van der Waals surface area (Å²) in [4.78, 5) is 2.52. The van der Waals surface area contributed by atoms with Gasteiger partial charge in [-0.2, -0.15) is 0 Å². The Balaban J connectivity index is 2.30. The van der Waals surface area contributed by atoms with Gasteiger partial charge in [-0.05, 0) is 39.8 Å². The molecule has 3 heteroatoms. The Morgan fingerprint density at radius 1 is 1.50 bits per heavy atom. The van der Waals surface area contributed by atoms with Crippen LogP contribution in [0.15, 0.2) is 0 Å². The molecule has 1 aliphatic heterocycles. The van der Waals surface area contributed by atoms with Gasteiger partial charge in [0.15, 0.2) is 0 Å². The van der Waals surface area contributed by atoms with E-state index in [4.69, 9.17) is 0 Å². The molecular weight excluding hydrogens is 176 g/mol. The van der Waals surface area contributed by atoms with Crippen molar-refractivity contribution >= 4 is 0 Å². The first kappa shape index (κ1) is 12.0. The number of aliphatic hydroxyl groups is 1. The van der Waals surface area contributed by atoms with E-state index in [0.29, 0.717) is 6.04 Å². The highest BCUT2D eigenvalue weighted by Crippen LogP contribution is 2.16. The number of likely N-dealkylation sites (tertiary alicyclic amines) is 1. The van der Waals surface area contributed by atoms with Gasteiger partial charge < -0.3 is 10.4 Å². The molecule has 1 rings (SSSR count). The number of hydrogen-bond donors (Lipinski definition) is 2. The van der Waals surface area contributed by atoms with Gasteiger partial charge in [-0.3, -0.25) is 4.90 Å². The summed E-state index contributed by atoms with van der Waals surface area (Å²) in [6.45, 7) is 5.21. The second-order valence-corrected chi connectivity index (χ2v) is 4.38. The SMILES string of the molecule is CNCC1CCCCN1CCC(C)O. The van der Waals surface area contributed by atoms with Gasteiger partial charge in [0.2, 0.25) is 0 Å². The third-order valence-corrected chi connectivity index (χ3v) is 3.02. The Labute approximate surface area is 87.5 Å². The lowest BCUT2D eigenvalue weighted by molar-refractivity contribution is 0.110. The van der Waals surface area contributed by atoms with Gasteiger partial charge in [0.05, 0.1) is 6.10 Å². The largest absolute Gasteiger partial charge is 0.393 e. The fourth-order valence-electron chi connectivity index (χ4n) is 2.17. The van der Waals surface area contributed by atoms with E-state index < -0.39 is 0 Å². The van der Waals surface area contributed by atoms with Crippen molar-refractivity contribution in [2.45, 2.75) is 44.8 Å². The third-order valence-electron chi connectivity index (χ3n) is 3.02. The summed E-state index contributed by atoms with van der Waals surface area (Å²) in [5, 5.41) is 12.5. The first-order valence-corrected chi connectivity index (χ1v) is 5.80. The van der Waals surface area contributed by atoms with E-state index >= 15 is 0 Å². The Kier molecular flexibility index (Phi) is 5.45. The van der Waals surface area contributed by atoms with Crippen molar-refractivity contribution in [3.8, 4) is 0 Å². The van der Waals surface area contributed by atoms with Crippen LogP contribution in [-0.4, -0.2) is 48.8 Å². The van der Waals surface area contributed by atoms with Crippen LogP contribution in [0.3, 0.4) is 0 Å². The van der Waals surface area contributed by atoms with Crippen LogP contribution < -0.4 is 5.32 Å². The zero-order valence-corrected chi connectivity index (χ0v) is 9.50. The van der Waals surface area contributed by atoms with E-state index in [-0.39, 0.29) is 6.10 Å². The lowest BCUT2D eigenvalue weighted by Gasteiger charge is -2.35. The first-order valence-electron chi connectivity index (χ1n) is 5.80. The molecule has 1 aliphatic rings. The molecule has 0 aliphatic carbocycles. The molecule has 1 heterocycles. The Bertz CT molecular complexity index is 148. The fraction of sp³-hybridized carbons (Fsp3) is 1.00. The van der Waals surface area contributed by atoms with Crippen LogP contribution in [0.25, 0.3) is 0 Å². The average molecular weight is 200 g/mol. The molecule has 0 spiro atoms. The normalized spacial score (nSPS) is 26.4. The van der Waals surface area contributed by atoms with Crippen molar-refractivity contribution in [2.75, 3.05) is 26.7 Å². The topological polar surface area (TPSA) is 35.5 Å². The minimum absolute atomic E-state index is 0.160. The third kappa shape index (κ3) is 3.95. The molecule has 0 radical (unpaired) electrons. The molecule has 0 aromatic rings. The number of likely N-dealkylation sites (N-methyl/N-ethyl adjacent to an activating group) is 1. The minimum atomic E-state index is -0.160. The van der Waals surface area contributed by atoms with Gasteiger partial charge >= 0.3 is 0 Å². The van der Waals surface area contributed by atoms with Crippen LogP contribution in [0.5, 0.6) is 0 Å². The van der Waals surface area contributed by atoms with Crippen molar-refractivity contribution in [3.63, 3.8) is 0 Å². The van der Waals surface area contributed by atoms with E-state index in [1.165, 1.54) is 25.8 Å². The molecule has 84 valence electrons. The molecule has 2 N–H and O–H groups in total. The molecule has 1 saturated heterocycles. The maximum atomic E-state index is 9.26.